The van der Waals surface area contributed by atoms with Crippen molar-refractivity contribution >= 4 is 29.0 Å². The average molecular weight is 427 g/mol. The summed E-state index contributed by atoms with van der Waals surface area (Å²) in [7, 11) is 0. The zero-order chi connectivity index (χ0) is 21.9. The fraction of sp³-hybridized carbons (Fsp3) is 0.273. The molecule has 30 heavy (non-hydrogen) atoms. The van der Waals surface area contributed by atoms with E-state index in [0.29, 0.717) is 11.3 Å². The van der Waals surface area contributed by atoms with Crippen LogP contribution in [0.25, 0.3) is 0 Å². The van der Waals surface area contributed by atoms with Crippen LogP contribution in [0.1, 0.15) is 48.4 Å². The summed E-state index contributed by atoms with van der Waals surface area (Å²) in [6, 6.07) is 11.8. The molecule has 0 fully saturated rings. The van der Waals surface area contributed by atoms with E-state index in [1.54, 1.807) is 12.1 Å². The Labute approximate surface area is 178 Å². The average Bonchev–Trinajstić information content (AvgIpc) is 3.21. The van der Waals surface area contributed by atoms with Crippen LogP contribution in [0.3, 0.4) is 0 Å². The molecule has 0 spiro atoms. The molecule has 8 heteroatoms. The van der Waals surface area contributed by atoms with Crippen molar-refractivity contribution in [3.8, 4) is 0 Å². The van der Waals surface area contributed by atoms with Gasteiger partial charge in [0, 0.05) is 16.6 Å². The number of rotatable bonds is 5. The highest BCUT2D eigenvalue weighted by Crippen LogP contribution is 2.32. The predicted molar refractivity (Wildman–Crippen MR) is 115 cm³/mol. The monoisotopic (exact) mass is 426 g/mol. The van der Waals surface area contributed by atoms with Gasteiger partial charge in [0.2, 0.25) is 5.91 Å². The second-order valence-electron chi connectivity index (χ2n) is 7.95. The summed E-state index contributed by atoms with van der Waals surface area (Å²) in [5.74, 6) is -1.27. The maximum atomic E-state index is 13.6. The molecule has 0 saturated heterocycles. The molecule has 3 rings (SSSR count). The number of carbonyl (C=O) groups excluding carboxylic acids is 2. The minimum atomic E-state index is -1.03. The lowest BCUT2D eigenvalue weighted by molar-refractivity contribution is -0.123. The smallest absolute Gasteiger partial charge is 0.280 e. The molecular weight excluding hydrogens is 403 g/mol. The highest BCUT2D eigenvalue weighted by Gasteiger charge is 2.36. The number of nitrogens with one attached hydrogen (secondary N) is 1. The van der Waals surface area contributed by atoms with Gasteiger partial charge in [-0.15, -0.1) is 5.10 Å². The lowest BCUT2D eigenvalue weighted by atomic mass is 9.99. The Kier molecular flexibility index (Phi) is 6.26. The lowest BCUT2D eigenvalue weighted by Crippen LogP contribution is -2.49. The predicted octanol–water partition coefficient (Wildman–Crippen LogP) is 4.29. The van der Waals surface area contributed by atoms with Crippen molar-refractivity contribution in [3.05, 3.63) is 76.5 Å². The van der Waals surface area contributed by atoms with Crippen LogP contribution < -0.4 is 10.2 Å². The van der Waals surface area contributed by atoms with E-state index in [2.05, 4.69) is 14.9 Å². The van der Waals surface area contributed by atoms with Crippen molar-refractivity contribution in [2.75, 3.05) is 4.90 Å². The molecule has 0 radical (unpaired) electrons. The second-order valence-corrected chi connectivity index (χ2v) is 8.55. The van der Waals surface area contributed by atoms with E-state index in [4.69, 9.17) is 0 Å². The van der Waals surface area contributed by atoms with Gasteiger partial charge in [0.05, 0.1) is 0 Å². The van der Waals surface area contributed by atoms with Crippen molar-refractivity contribution in [2.45, 2.75) is 39.3 Å². The third-order valence-electron chi connectivity index (χ3n) is 4.36. The van der Waals surface area contributed by atoms with Gasteiger partial charge in [-0.05, 0) is 68.6 Å². The summed E-state index contributed by atoms with van der Waals surface area (Å²) < 4.78 is 17.4. The van der Waals surface area contributed by atoms with Crippen LogP contribution in [0.4, 0.5) is 10.1 Å². The van der Waals surface area contributed by atoms with Crippen LogP contribution >= 0.6 is 11.5 Å². The largest absolute Gasteiger partial charge is 0.349 e. The molecule has 2 aromatic carbocycles. The van der Waals surface area contributed by atoms with Crippen molar-refractivity contribution in [2.24, 2.45) is 0 Å². The minimum Gasteiger partial charge on any atom is -0.349 e. The first kappa shape index (κ1) is 21.6. The maximum absolute atomic E-state index is 13.6. The Morgan fingerprint density at radius 2 is 1.77 bits per heavy atom. The zero-order valence-corrected chi connectivity index (χ0v) is 18.0. The van der Waals surface area contributed by atoms with Crippen molar-refractivity contribution < 1.29 is 14.0 Å². The number of para-hydroxylation sites is 1. The van der Waals surface area contributed by atoms with Gasteiger partial charge in [-0.1, -0.05) is 34.8 Å². The normalized spacial score (nSPS) is 12.3. The van der Waals surface area contributed by atoms with E-state index in [9.17, 15) is 14.0 Å². The first-order chi connectivity index (χ1) is 14.2. The summed E-state index contributed by atoms with van der Waals surface area (Å²) in [6.45, 7) is 7.43. The number of nitrogens with zero attached hydrogens (tertiary/aromatic N) is 3. The summed E-state index contributed by atoms with van der Waals surface area (Å²) in [6.07, 6.45) is 0. The Morgan fingerprint density at radius 3 is 2.33 bits per heavy atom. The van der Waals surface area contributed by atoms with E-state index in [0.717, 1.165) is 17.1 Å². The molecule has 1 aromatic heterocycles. The van der Waals surface area contributed by atoms with E-state index >= 15 is 0 Å². The molecule has 3 aromatic rings. The Bertz CT molecular complexity index is 1030. The lowest BCUT2D eigenvalue weighted by Gasteiger charge is -2.34. The standard InChI is InChI=1S/C22H23FN4O2S/c1-14-7-5-6-8-18(14)27(21(29)17-13-30-26-25-17)19(20(28)24-22(2,3)4)15-9-11-16(23)12-10-15/h5-13,19H,1-4H3,(H,24,28)/t19-/m1/s1. The number of carbonyl (C=O) groups is 2. The third-order valence-corrected chi connectivity index (χ3v) is 4.87. The number of aromatic nitrogens is 2. The van der Waals surface area contributed by atoms with Gasteiger partial charge in [-0.25, -0.2) is 4.39 Å². The minimum absolute atomic E-state index is 0.138. The molecule has 1 atom stereocenters. The second kappa shape index (κ2) is 8.71. The van der Waals surface area contributed by atoms with Gasteiger partial charge < -0.3 is 5.32 Å². The number of benzene rings is 2. The molecule has 0 unspecified atom stereocenters. The summed E-state index contributed by atoms with van der Waals surface area (Å²) in [4.78, 5) is 28.3. The molecule has 0 aliphatic rings. The van der Waals surface area contributed by atoms with Gasteiger partial charge in [0.1, 0.15) is 11.9 Å². The van der Waals surface area contributed by atoms with Crippen LogP contribution in [-0.2, 0) is 4.79 Å². The van der Waals surface area contributed by atoms with E-state index in [1.165, 1.54) is 34.5 Å². The topological polar surface area (TPSA) is 75.2 Å². The third kappa shape index (κ3) is 4.88. The SMILES string of the molecule is Cc1ccccc1N(C(=O)c1csnn1)[C@@H](C(=O)NC(C)(C)C)c1ccc(F)cc1. The number of halogens is 1. The summed E-state index contributed by atoms with van der Waals surface area (Å²) >= 11 is 1.05. The molecule has 156 valence electrons. The van der Waals surface area contributed by atoms with Gasteiger partial charge >= 0.3 is 0 Å². The van der Waals surface area contributed by atoms with Crippen LogP contribution in [0.5, 0.6) is 0 Å². The van der Waals surface area contributed by atoms with Crippen LogP contribution in [0, 0.1) is 12.7 Å². The molecule has 0 aliphatic carbocycles. The maximum Gasteiger partial charge on any atom is 0.280 e. The van der Waals surface area contributed by atoms with Crippen LogP contribution in [-0.4, -0.2) is 26.9 Å². The van der Waals surface area contributed by atoms with Gasteiger partial charge in [-0.2, -0.15) is 0 Å². The van der Waals surface area contributed by atoms with Crippen molar-refractivity contribution in [3.63, 3.8) is 0 Å². The van der Waals surface area contributed by atoms with E-state index in [1.807, 2.05) is 39.8 Å². The fourth-order valence-corrected chi connectivity index (χ4v) is 3.51. The molecule has 1 heterocycles. The molecule has 6 nitrogen and oxygen atoms in total. The zero-order valence-electron chi connectivity index (χ0n) is 17.2. The Hall–Kier alpha value is -3.13. The van der Waals surface area contributed by atoms with Gasteiger partial charge in [0.15, 0.2) is 5.69 Å². The fourth-order valence-electron chi connectivity index (χ4n) is 3.08. The highest BCUT2D eigenvalue weighted by atomic mass is 32.1. The quantitative estimate of drug-likeness (QED) is 0.660. The summed E-state index contributed by atoms with van der Waals surface area (Å²) in [5.41, 5.74) is 1.47. The molecule has 2 amide bonds. The van der Waals surface area contributed by atoms with E-state index < -0.39 is 23.3 Å². The number of hydrogen-bond donors (Lipinski definition) is 1. The van der Waals surface area contributed by atoms with Gasteiger partial charge in [0.25, 0.3) is 5.91 Å². The number of anilines is 1. The first-order valence-electron chi connectivity index (χ1n) is 9.41. The molecule has 1 N–H and O–H groups in total. The van der Waals surface area contributed by atoms with Crippen LogP contribution in [0.15, 0.2) is 53.9 Å². The Morgan fingerprint density at radius 1 is 1.10 bits per heavy atom. The molecule has 0 bridgehead atoms. The van der Waals surface area contributed by atoms with Gasteiger partial charge in [-0.3, -0.25) is 14.5 Å². The van der Waals surface area contributed by atoms with Crippen LogP contribution in [0.2, 0.25) is 0 Å². The molecular formula is C22H23FN4O2S. The number of hydrogen-bond acceptors (Lipinski definition) is 5. The van der Waals surface area contributed by atoms with Crippen molar-refractivity contribution in [1.82, 2.24) is 14.9 Å². The first-order valence-corrected chi connectivity index (χ1v) is 10.2. The van der Waals surface area contributed by atoms with E-state index in [-0.39, 0.29) is 11.6 Å². The van der Waals surface area contributed by atoms with Crippen molar-refractivity contribution in [1.29, 1.82) is 0 Å². The molecule has 0 saturated carbocycles. The number of aryl methyl sites for hydroxylation is 1. The summed E-state index contributed by atoms with van der Waals surface area (Å²) in [5, 5.41) is 8.38. The molecule has 0 aliphatic heterocycles. The number of amides is 2. The highest BCUT2D eigenvalue weighted by molar-refractivity contribution is 7.03. The Balaban J connectivity index is 2.19.